The van der Waals surface area contributed by atoms with Crippen LogP contribution in [0.3, 0.4) is 0 Å². The van der Waals surface area contributed by atoms with Gasteiger partial charge < -0.3 is 15.6 Å². The highest BCUT2D eigenvalue weighted by Gasteiger charge is 2.21. The first-order chi connectivity index (χ1) is 7.36. The number of hydrogen-bond donors (Lipinski definition) is 2. The van der Waals surface area contributed by atoms with Gasteiger partial charge in [0.2, 0.25) is 0 Å². The number of hydrogen-bond acceptors (Lipinski definition) is 3. The topological polar surface area (TPSA) is 55.5 Å². The lowest BCUT2D eigenvalue weighted by atomic mass is 9.94. The third-order valence-corrected chi connectivity index (χ3v) is 2.56. The summed E-state index contributed by atoms with van der Waals surface area (Å²) in [5, 5.41) is 10.0. The number of nitrogens with two attached hydrogens (primary N) is 1. The summed E-state index contributed by atoms with van der Waals surface area (Å²) in [5.74, 6) is 0.853. The van der Waals surface area contributed by atoms with E-state index in [1.807, 2.05) is 39.0 Å². The molecule has 90 valence electrons. The van der Waals surface area contributed by atoms with Crippen LogP contribution in [-0.2, 0) is 5.60 Å². The molecular formula is C13H21NO2. The summed E-state index contributed by atoms with van der Waals surface area (Å²) in [6, 6.07) is 5.66. The quantitative estimate of drug-likeness (QED) is 0.820. The molecule has 0 aliphatic rings. The van der Waals surface area contributed by atoms with E-state index in [-0.39, 0.29) is 12.6 Å². The lowest BCUT2D eigenvalue weighted by Crippen LogP contribution is -2.31. The van der Waals surface area contributed by atoms with Crippen LogP contribution >= 0.6 is 0 Å². The molecule has 1 aromatic rings. The Bertz CT molecular complexity index is 359. The van der Waals surface area contributed by atoms with Gasteiger partial charge in [0.15, 0.2) is 0 Å². The molecule has 0 amide bonds. The molecule has 0 heterocycles. The van der Waals surface area contributed by atoms with Gasteiger partial charge in [-0.3, -0.25) is 0 Å². The van der Waals surface area contributed by atoms with Crippen LogP contribution in [0.4, 0.5) is 0 Å². The van der Waals surface area contributed by atoms with E-state index in [0.717, 1.165) is 16.9 Å². The first-order valence-corrected chi connectivity index (χ1v) is 5.57. The summed E-state index contributed by atoms with van der Waals surface area (Å²) in [7, 11) is 0. The molecule has 1 aromatic carbocycles. The van der Waals surface area contributed by atoms with Gasteiger partial charge in [-0.1, -0.05) is 6.07 Å². The van der Waals surface area contributed by atoms with Crippen LogP contribution < -0.4 is 10.5 Å². The number of benzene rings is 1. The zero-order valence-electron chi connectivity index (χ0n) is 10.4. The minimum Gasteiger partial charge on any atom is -0.491 e. The minimum absolute atomic E-state index is 0.152. The molecule has 3 heteroatoms. The van der Waals surface area contributed by atoms with E-state index in [0.29, 0.717) is 0 Å². The zero-order chi connectivity index (χ0) is 12.3. The third kappa shape index (κ3) is 2.97. The van der Waals surface area contributed by atoms with Crippen LogP contribution in [0.25, 0.3) is 0 Å². The molecule has 0 saturated carbocycles. The van der Waals surface area contributed by atoms with E-state index in [2.05, 4.69) is 0 Å². The molecule has 16 heavy (non-hydrogen) atoms. The Morgan fingerprint density at radius 1 is 1.44 bits per heavy atom. The predicted octanol–water partition coefficient (Wildman–Crippen LogP) is 1.95. The average molecular weight is 223 g/mol. The van der Waals surface area contributed by atoms with Gasteiger partial charge in [-0.15, -0.1) is 0 Å². The average Bonchev–Trinajstić information content (AvgIpc) is 2.20. The minimum atomic E-state index is -0.971. The molecule has 0 spiro atoms. The van der Waals surface area contributed by atoms with E-state index in [9.17, 15) is 5.11 Å². The largest absolute Gasteiger partial charge is 0.491 e. The molecular weight excluding hydrogens is 202 g/mol. The van der Waals surface area contributed by atoms with Gasteiger partial charge in [0, 0.05) is 6.54 Å². The fourth-order valence-electron chi connectivity index (χ4n) is 1.49. The maximum absolute atomic E-state index is 10.0. The first-order valence-electron chi connectivity index (χ1n) is 5.57. The Morgan fingerprint density at radius 2 is 2.06 bits per heavy atom. The van der Waals surface area contributed by atoms with E-state index in [4.69, 9.17) is 10.5 Å². The van der Waals surface area contributed by atoms with Crippen molar-refractivity contribution in [3.63, 3.8) is 0 Å². The number of aryl methyl sites for hydroxylation is 1. The molecule has 0 aromatic heterocycles. The van der Waals surface area contributed by atoms with Crippen molar-refractivity contribution in [1.82, 2.24) is 0 Å². The summed E-state index contributed by atoms with van der Waals surface area (Å²) in [4.78, 5) is 0. The van der Waals surface area contributed by atoms with Crippen molar-refractivity contribution in [1.29, 1.82) is 0 Å². The normalized spacial score (nSPS) is 14.9. The highest BCUT2D eigenvalue weighted by Crippen LogP contribution is 2.26. The van der Waals surface area contributed by atoms with Gasteiger partial charge >= 0.3 is 0 Å². The van der Waals surface area contributed by atoms with Crippen molar-refractivity contribution in [3.8, 4) is 5.75 Å². The molecule has 0 aliphatic carbocycles. The molecule has 1 unspecified atom stereocenters. The molecule has 0 aliphatic heterocycles. The molecule has 0 fully saturated rings. The summed E-state index contributed by atoms with van der Waals surface area (Å²) in [5.41, 5.74) is 6.39. The first kappa shape index (κ1) is 13.0. The monoisotopic (exact) mass is 223 g/mol. The van der Waals surface area contributed by atoms with Crippen molar-refractivity contribution in [2.24, 2.45) is 5.73 Å². The summed E-state index contributed by atoms with van der Waals surface area (Å²) < 4.78 is 5.63. The van der Waals surface area contributed by atoms with Gasteiger partial charge in [0.05, 0.1) is 11.7 Å². The van der Waals surface area contributed by atoms with Gasteiger partial charge in [-0.2, -0.15) is 0 Å². The number of aliphatic hydroxyl groups is 1. The fourth-order valence-corrected chi connectivity index (χ4v) is 1.49. The Labute approximate surface area is 97.2 Å². The smallest absolute Gasteiger partial charge is 0.122 e. The second-order valence-electron chi connectivity index (χ2n) is 4.62. The molecule has 3 nitrogen and oxygen atoms in total. The second kappa shape index (κ2) is 4.85. The zero-order valence-corrected chi connectivity index (χ0v) is 10.4. The Balaban J connectivity index is 2.99. The molecule has 1 rings (SSSR count). The Morgan fingerprint density at radius 3 is 2.50 bits per heavy atom. The van der Waals surface area contributed by atoms with Crippen molar-refractivity contribution in [3.05, 3.63) is 29.3 Å². The number of ether oxygens (including phenoxy) is 1. The third-order valence-electron chi connectivity index (χ3n) is 2.56. The maximum Gasteiger partial charge on any atom is 0.122 e. The molecule has 3 N–H and O–H groups in total. The van der Waals surface area contributed by atoms with Crippen LogP contribution in [0, 0.1) is 6.92 Å². The number of rotatable bonds is 4. The molecule has 0 bridgehead atoms. The lowest BCUT2D eigenvalue weighted by molar-refractivity contribution is 0.0667. The Hall–Kier alpha value is -1.06. The Kier molecular flexibility index (Phi) is 3.94. The van der Waals surface area contributed by atoms with Gasteiger partial charge in [0.25, 0.3) is 0 Å². The van der Waals surface area contributed by atoms with Gasteiger partial charge in [-0.25, -0.2) is 0 Å². The van der Waals surface area contributed by atoms with Crippen LogP contribution in [0.1, 0.15) is 31.9 Å². The van der Waals surface area contributed by atoms with Crippen molar-refractivity contribution >= 4 is 0 Å². The van der Waals surface area contributed by atoms with Crippen molar-refractivity contribution < 1.29 is 9.84 Å². The highest BCUT2D eigenvalue weighted by atomic mass is 16.5. The lowest BCUT2D eigenvalue weighted by Gasteiger charge is -2.23. The summed E-state index contributed by atoms with van der Waals surface area (Å²) >= 11 is 0. The van der Waals surface area contributed by atoms with Crippen LogP contribution in [0.2, 0.25) is 0 Å². The highest BCUT2D eigenvalue weighted by molar-refractivity contribution is 5.38. The van der Waals surface area contributed by atoms with Crippen LogP contribution in [0.15, 0.2) is 18.2 Å². The standard InChI is InChI=1S/C13H21NO2/c1-9(2)16-12-6-5-11(7-10(12)3)13(4,15)8-14/h5-7,9,15H,8,14H2,1-4H3. The SMILES string of the molecule is Cc1cc(C(C)(O)CN)ccc1OC(C)C. The van der Waals surface area contributed by atoms with Crippen molar-refractivity contribution in [2.75, 3.05) is 6.54 Å². The van der Waals surface area contributed by atoms with E-state index >= 15 is 0 Å². The fraction of sp³-hybridized carbons (Fsp3) is 0.538. The van der Waals surface area contributed by atoms with Crippen LogP contribution in [-0.4, -0.2) is 17.8 Å². The maximum atomic E-state index is 10.0. The predicted molar refractivity (Wildman–Crippen MR) is 65.6 cm³/mol. The van der Waals surface area contributed by atoms with E-state index < -0.39 is 5.60 Å². The van der Waals surface area contributed by atoms with E-state index in [1.165, 1.54) is 0 Å². The van der Waals surface area contributed by atoms with E-state index in [1.54, 1.807) is 6.92 Å². The molecule has 0 saturated heterocycles. The van der Waals surface area contributed by atoms with Crippen molar-refractivity contribution in [2.45, 2.75) is 39.4 Å². The van der Waals surface area contributed by atoms with Gasteiger partial charge in [0.1, 0.15) is 5.75 Å². The summed E-state index contributed by atoms with van der Waals surface area (Å²) in [6.07, 6.45) is 0.152. The second-order valence-corrected chi connectivity index (χ2v) is 4.62. The summed E-state index contributed by atoms with van der Waals surface area (Å²) in [6.45, 7) is 7.86. The van der Waals surface area contributed by atoms with Gasteiger partial charge in [-0.05, 0) is 51.0 Å². The molecule has 0 radical (unpaired) electrons. The van der Waals surface area contributed by atoms with Crippen LogP contribution in [0.5, 0.6) is 5.75 Å². The molecule has 1 atom stereocenters.